The van der Waals surface area contributed by atoms with Crippen LogP contribution in [0.3, 0.4) is 0 Å². The first-order chi connectivity index (χ1) is 14.0. The summed E-state index contributed by atoms with van der Waals surface area (Å²) in [5, 5.41) is 13.4. The van der Waals surface area contributed by atoms with E-state index in [1.165, 1.54) is 0 Å². The summed E-state index contributed by atoms with van der Waals surface area (Å²) < 4.78 is 16.8. The molecule has 3 rings (SSSR count). The van der Waals surface area contributed by atoms with Gasteiger partial charge in [0.2, 0.25) is 5.60 Å². The summed E-state index contributed by atoms with van der Waals surface area (Å²) in [7, 11) is 0. The summed E-state index contributed by atoms with van der Waals surface area (Å²) >= 11 is 0. The van der Waals surface area contributed by atoms with Crippen LogP contribution in [-0.4, -0.2) is 28.4 Å². The maximum absolute atomic E-state index is 11.3. The van der Waals surface area contributed by atoms with E-state index in [4.69, 9.17) is 14.0 Å². The lowest BCUT2D eigenvalue weighted by Crippen LogP contribution is -2.40. The van der Waals surface area contributed by atoms with Gasteiger partial charge in [0.1, 0.15) is 23.0 Å². The summed E-state index contributed by atoms with van der Waals surface area (Å²) in [5.74, 6) is 1.04. The number of hydrogen-bond acceptors (Lipinski definition) is 5. The lowest BCUT2D eigenvalue weighted by atomic mass is 10.0. The van der Waals surface area contributed by atoms with Gasteiger partial charge in [0.15, 0.2) is 0 Å². The fraction of sp³-hybridized carbons (Fsp3) is 0.304. The molecule has 1 heterocycles. The first kappa shape index (κ1) is 20.5. The van der Waals surface area contributed by atoms with Gasteiger partial charge in [-0.1, -0.05) is 42.4 Å². The van der Waals surface area contributed by atoms with E-state index in [1.807, 2.05) is 36.4 Å². The molecule has 0 fully saturated rings. The zero-order valence-corrected chi connectivity index (χ0v) is 16.6. The van der Waals surface area contributed by atoms with Gasteiger partial charge < -0.3 is 19.1 Å². The Bertz CT molecular complexity index is 920. The Morgan fingerprint density at radius 3 is 2.45 bits per heavy atom. The third-order valence-corrected chi connectivity index (χ3v) is 4.76. The Hall–Kier alpha value is -3.28. The highest BCUT2D eigenvalue weighted by atomic mass is 16.5. The summed E-state index contributed by atoms with van der Waals surface area (Å²) in [5.41, 5.74) is 0.624. The van der Waals surface area contributed by atoms with Gasteiger partial charge in [-0.25, -0.2) is 4.79 Å². The molecule has 0 spiro atoms. The summed E-state index contributed by atoms with van der Waals surface area (Å²) in [4.78, 5) is 11.3. The Morgan fingerprint density at radius 1 is 1.10 bits per heavy atom. The third kappa shape index (κ3) is 5.38. The van der Waals surface area contributed by atoms with Crippen molar-refractivity contribution in [3.63, 3.8) is 0 Å². The van der Waals surface area contributed by atoms with Crippen LogP contribution in [0.1, 0.15) is 32.4 Å². The van der Waals surface area contributed by atoms with Crippen LogP contribution >= 0.6 is 0 Å². The summed E-state index contributed by atoms with van der Waals surface area (Å²) in [6.07, 6.45) is 1.89. The van der Waals surface area contributed by atoms with Crippen molar-refractivity contribution in [2.24, 2.45) is 0 Å². The predicted molar refractivity (Wildman–Crippen MR) is 109 cm³/mol. The van der Waals surface area contributed by atoms with E-state index in [0.29, 0.717) is 24.5 Å². The van der Waals surface area contributed by atoms with Gasteiger partial charge in [-0.15, -0.1) is 0 Å². The highest BCUT2D eigenvalue weighted by molar-refractivity contribution is 5.77. The first-order valence-electron chi connectivity index (χ1n) is 9.66. The van der Waals surface area contributed by atoms with Crippen LogP contribution in [0.5, 0.6) is 11.5 Å². The Kier molecular flexibility index (Phi) is 6.54. The maximum Gasteiger partial charge on any atom is 0.347 e. The molecule has 0 unspecified atom stereocenters. The average molecular weight is 395 g/mol. The van der Waals surface area contributed by atoms with E-state index >= 15 is 0 Å². The standard InChI is InChI=1S/C23H25NO5/c1-3-23(2,22(25)26)28-19-13-11-18(12-14-19)27-15-7-10-20-16-21(24-29-20)17-8-5-4-6-9-17/h4-6,8-9,11-14,16H,3,7,10,15H2,1-2H3,(H,25,26)/t23-/m0/s1. The summed E-state index contributed by atoms with van der Waals surface area (Å²) in [6, 6.07) is 18.8. The van der Waals surface area contributed by atoms with E-state index in [0.717, 1.165) is 29.9 Å². The number of benzene rings is 2. The molecule has 0 amide bonds. The van der Waals surface area contributed by atoms with Crippen molar-refractivity contribution in [2.45, 2.75) is 38.7 Å². The average Bonchev–Trinajstić information content (AvgIpc) is 3.22. The number of rotatable bonds is 10. The quantitative estimate of drug-likeness (QED) is 0.487. The second-order valence-corrected chi connectivity index (χ2v) is 6.96. The van der Waals surface area contributed by atoms with E-state index in [2.05, 4.69) is 5.16 Å². The van der Waals surface area contributed by atoms with E-state index in [-0.39, 0.29) is 0 Å². The number of carbonyl (C=O) groups is 1. The van der Waals surface area contributed by atoms with Crippen molar-refractivity contribution in [2.75, 3.05) is 6.61 Å². The van der Waals surface area contributed by atoms with Crippen LogP contribution in [-0.2, 0) is 11.2 Å². The monoisotopic (exact) mass is 395 g/mol. The van der Waals surface area contributed by atoms with Gasteiger partial charge in [-0.2, -0.15) is 0 Å². The minimum atomic E-state index is -1.24. The van der Waals surface area contributed by atoms with Crippen LogP contribution in [0.25, 0.3) is 11.3 Å². The summed E-state index contributed by atoms with van der Waals surface area (Å²) in [6.45, 7) is 3.87. The van der Waals surface area contributed by atoms with Crippen molar-refractivity contribution in [3.05, 3.63) is 66.4 Å². The molecule has 0 radical (unpaired) electrons. The molecule has 0 bridgehead atoms. The normalized spacial score (nSPS) is 12.9. The van der Waals surface area contributed by atoms with Crippen molar-refractivity contribution < 1.29 is 23.9 Å². The molecule has 0 saturated carbocycles. The van der Waals surface area contributed by atoms with Gasteiger partial charge in [-0.3, -0.25) is 0 Å². The topological polar surface area (TPSA) is 81.8 Å². The van der Waals surface area contributed by atoms with Crippen LogP contribution in [0.2, 0.25) is 0 Å². The third-order valence-electron chi connectivity index (χ3n) is 4.76. The molecule has 6 heteroatoms. The minimum Gasteiger partial charge on any atom is -0.494 e. The number of carboxylic acid groups (broad SMARTS) is 1. The molecule has 29 heavy (non-hydrogen) atoms. The number of ether oxygens (including phenoxy) is 2. The van der Waals surface area contributed by atoms with Gasteiger partial charge >= 0.3 is 5.97 Å². The maximum atomic E-state index is 11.3. The first-order valence-corrected chi connectivity index (χ1v) is 9.66. The molecule has 0 aliphatic heterocycles. The number of nitrogens with zero attached hydrogens (tertiary/aromatic N) is 1. The van der Waals surface area contributed by atoms with Crippen molar-refractivity contribution in [3.8, 4) is 22.8 Å². The number of carboxylic acids is 1. The molecular weight excluding hydrogens is 370 g/mol. The zero-order chi connectivity index (χ0) is 20.7. The number of aryl methyl sites for hydroxylation is 1. The van der Waals surface area contributed by atoms with Crippen molar-refractivity contribution >= 4 is 5.97 Å². The second kappa shape index (κ2) is 9.28. The molecule has 1 atom stereocenters. The SMILES string of the molecule is CC[C@](C)(Oc1ccc(OCCCc2cc(-c3ccccc3)no2)cc1)C(=O)O. The van der Waals surface area contributed by atoms with Crippen molar-refractivity contribution in [1.29, 1.82) is 0 Å². The highest BCUT2D eigenvalue weighted by Crippen LogP contribution is 2.24. The predicted octanol–water partition coefficient (Wildman–Crippen LogP) is 4.99. The van der Waals surface area contributed by atoms with Crippen molar-refractivity contribution in [1.82, 2.24) is 5.16 Å². The molecule has 0 aliphatic carbocycles. The van der Waals surface area contributed by atoms with E-state index < -0.39 is 11.6 Å². The second-order valence-electron chi connectivity index (χ2n) is 6.96. The molecule has 6 nitrogen and oxygen atoms in total. The zero-order valence-electron chi connectivity index (χ0n) is 16.6. The molecule has 1 N–H and O–H groups in total. The van der Waals surface area contributed by atoms with Gasteiger partial charge in [-0.05, 0) is 44.0 Å². The van der Waals surface area contributed by atoms with E-state index in [9.17, 15) is 9.90 Å². The Labute approximate surface area is 170 Å². The fourth-order valence-corrected chi connectivity index (χ4v) is 2.74. The number of aliphatic carboxylic acids is 1. The van der Waals surface area contributed by atoms with Gasteiger partial charge in [0, 0.05) is 18.1 Å². The number of aromatic nitrogens is 1. The molecular formula is C23H25NO5. The number of hydrogen-bond donors (Lipinski definition) is 1. The largest absolute Gasteiger partial charge is 0.494 e. The van der Waals surface area contributed by atoms with Gasteiger partial charge in [0.05, 0.1) is 6.61 Å². The van der Waals surface area contributed by atoms with Gasteiger partial charge in [0.25, 0.3) is 0 Å². The molecule has 1 aromatic heterocycles. The Balaban J connectivity index is 1.45. The van der Waals surface area contributed by atoms with E-state index in [1.54, 1.807) is 38.1 Å². The molecule has 3 aromatic rings. The highest BCUT2D eigenvalue weighted by Gasteiger charge is 2.33. The smallest absolute Gasteiger partial charge is 0.347 e. The molecule has 0 saturated heterocycles. The van der Waals surface area contributed by atoms with Crippen LogP contribution in [0, 0.1) is 0 Å². The minimum absolute atomic E-state index is 0.369. The lowest BCUT2D eigenvalue weighted by molar-refractivity contribution is -0.154. The molecule has 2 aromatic carbocycles. The fourth-order valence-electron chi connectivity index (χ4n) is 2.74. The van der Waals surface area contributed by atoms with Crippen LogP contribution in [0.4, 0.5) is 0 Å². The lowest BCUT2D eigenvalue weighted by Gasteiger charge is -2.24. The molecule has 0 aliphatic rings. The van der Waals surface area contributed by atoms with Crippen LogP contribution in [0.15, 0.2) is 65.2 Å². The van der Waals surface area contributed by atoms with Crippen LogP contribution < -0.4 is 9.47 Å². The molecule has 152 valence electrons. The Morgan fingerprint density at radius 2 is 1.79 bits per heavy atom.